The topological polar surface area (TPSA) is 58.2 Å². The third kappa shape index (κ3) is 3.37. The van der Waals surface area contributed by atoms with Crippen molar-refractivity contribution in [2.45, 2.75) is 38.0 Å². The van der Waals surface area contributed by atoms with Gasteiger partial charge in [-0.25, -0.2) is 4.98 Å². The van der Waals surface area contributed by atoms with Crippen LogP contribution in [0.3, 0.4) is 0 Å². The number of benzene rings is 2. The number of nitrogens with one attached hydrogen (secondary N) is 1. The molecule has 0 spiro atoms. The number of H-pyrrole nitrogens is 1. The Labute approximate surface area is 164 Å². The number of hydrogen-bond donors (Lipinski definition) is 1. The number of aryl methyl sites for hydroxylation is 2. The van der Waals surface area contributed by atoms with Crippen LogP contribution in [0.1, 0.15) is 42.1 Å². The fourth-order valence-electron chi connectivity index (χ4n) is 4.47. The number of imidazole rings is 1. The van der Waals surface area contributed by atoms with Crippen molar-refractivity contribution >= 4 is 16.9 Å². The molecule has 1 unspecified atom stereocenters. The second-order valence-electron chi connectivity index (χ2n) is 7.89. The Balaban J connectivity index is 1.22. The Hall–Kier alpha value is -2.82. The molecule has 1 saturated heterocycles. The van der Waals surface area contributed by atoms with Crippen LogP contribution in [-0.4, -0.2) is 40.5 Å². The molecule has 3 aromatic rings. The van der Waals surface area contributed by atoms with Gasteiger partial charge in [0.05, 0.1) is 11.0 Å². The van der Waals surface area contributed by atoms with E-state index in [1.807, 2.05) is 35.2 Å². The number of aromatic amines is 1. The smallest absolute Gasteiger partial charge is 0.260 e. The maximum atomic E-state index is 12.7. The molecule has 1 N–H and O–H groups in total. The average molecular weight is 375 g/mol. The monoisotopic (exact) mass is 375 g/mol. The van der Waals surface area contributed by atoms with Crippen molar-refractivity contribution in [3.8, 4) is 5.75 Å². The van der Waals surface area contributed by atoms with E-state index in [1.54, 1.807) is 0 Å². The second-order valence-corrected chi connectivity index (χ2v) is 7.89. The van der Waals surface area contributed by atoms with Crippen LogP contribution in [0.5, 0.6) is 5.75 Å². The van der Waals surface area contributed by atoms with E-state index < -0.39 is 0 Å². The van der Waals surface area contributed by atoms with E-state index in [2.05, 4.69) is 17.1 Å². The lowest BCUT2D eigenvalue weighted by Gasteiger charge is -2.31. The molecule has 0 bridgehead atoms. The normalized spacial score (nSPS) is 19.0. The number of hydrogen-bond acceptors (Lipinski definition) is 3. The molecule has 5 heteroatoms. The summed E-state index contributed by atoms with van der Waals surface area (Å²) in [6.45, 7) is 1.60. The van der Waals surface area contributed by atoms with Crippen molar-refractivity contribution in [1.29, 1.82) is 0 Å². The van der Waals surface area contributed by atoms with Gasteiger partial charge in [0, 0.05) is 19.0 Å². The fraction of sp³-hybridized carbons (Fsp3) is 0.391. The summed E-state index contributed by atoms with van der Waals surface area (Å²) in [6, 6.07) is 14.3. The van der Waals surface area contributed by atoms with Gasteiger partial charge in [-0.1, -0.05) is 18.2 Å². The van der Waals surface area contributed by atoms with E-state index in [4.69, 9.17) is 9.72 Å². The Kier molecular flexibility index (Phi) is 4.51. The van der Waals surface area contributed by atoms with Gasteiger partial charge >= 0.3 is 0 Å². The summed E-state index contributed by atoms with van der Waals surface area (Å²) >= 11 is 0. The quantitative estimate of drug-likeness (QED) is 0.754. The van der Waals surface area contributed by atoms with Gasteiger partial charge in [0.25, 0.3) is 5.91 Å². The zero-order valence-electron chi connectivity index (χ0n) is 16.0. The lowest BCUT2D eigenvalue weighted by Crippen LogP contribution is -2.41. The highest BCUT2D eigenvalue weighted by Gasteiger charge is 2.27. The van der Waals surface area contributed by atoms with Gasteiger partial charge in [-0.3, -0.25) is 4.79 Å². The predicted octanol–water partition coefficient (Wildman–Crippen LogP) is 3.84. The van der Waals surface area contributed by atoms with Gasteiger partial charge in [-0.05, 0) is 67.5 Å². The van der Waals surface area contributed by atoms with Crippen LogP contribution >= 0.6 is 0 Å². The summed E-state index contributed by atoms with van der Waals surface area (Å²) in [4.78, 5) is 22.8. The van der Waals surface area contributed by atoms with E-state index in [9.17, 15) is 4.79 Å². The first-order valence-corrected chi connectivity index (χ1v) is 10.2. The molecule has 1 atom stereocenters. The van der Waals surface area contributed by atoms with E-state index in [0.29, 0.717) is 6.54 Å². The van der Waals surface area contributed by atoms with Crippen LogP contribution in [-0.2, 0) is 17.6 Å². The first-order valence-electron chi connectivity index (χ1n) is 10.2. The molecule has 5 rings (SSSR count). The molecule has 0 radical (unpaired) electrons. The van der Waals surface area contributed by atoms with Gasteiger partial charge in [0.15, 0.2) is 6.61 Å². The van der Waals surface area contributed by atoms with Crippen LogP contribution in [0.2, 0.25) is 0 Å². The fourth-order valence-corrected chi connectivity index (χ4v) is 4.47. The SMILES string of the molecule is O=C(COc1ccc2c(c1)CCC2)N1CCCC(c2nc3ccccc3[nH]2)C1. The first kappa shape index (κ1) is 17.3. The molecule has 5 nitrogen and oxygen atoms in total. The molecule has 1 aromatic heterocycles. The molecule has 144 valence electrons. The number of piperidine rings is 1. The van der Waals surface area contributed by atoms with E-state index in [0.717, 1.165) is 54.8 Å². The number of likely N-dealkylation sites (tertiary alicyclic amines) is 1. The molecule has 1 aliphatic heterocycles. The van der Waals surface area contributed by atoms with Crippen molar-refractivity contribution in [1.82, 2.24) is 14.9 Å². The standard InChI is InChI=1S/C23H25N3O2/c27-22(15-28-19-11-10-16-5-3-6-17(16)13-19)26-12-4-7-18(14-26)23-24-20-8-1-2-9-21(20)25-23/h1-2,8-11,13,18H,3-7,12,14-15H2,(H,24,25). The van der Waals surface area contributed by atoms with Crippen molar-refractivity contribution in [3.63, 3.8) is 0 Å². The molecule has 1 aliphatic carbocycles. The number of aromatic nitrogens is 2. The van der Waals surface area contributed by atoms with Crippen molar-refractivity contribution in [2.75, 3.05) is 19.7 Å². The minimum absolute atomic E-state index is 0.0568. The molecule has 2 aliphatic rings. The summed E-state index contributed by atoms with van der Waals surface area (Å²) in [5.74, 6) is 2.10. The summed E-state index contributed by atoms with van der Waals surface area (Å²) in [5.41, 5.74) is 4.83. The zero-order valence-corrected chi connectivity index (χ0v) is 16.0. The van der Waals surface area contributed by atoms with Gasteiger partial charge < -0.3 is 14.6 Å². The lowest BCUT2D eigenvalue weighted by molar-refractivity contribution is -0.134. The van der Waals surface area contributed by atoms with Gasteiger partial charge in [-0.15, -0.1) is 0 Å². The highest BCUT2D eigenvalue weighted by atomic mass is 16.5. The average Bonchev–Trinajstić information content (AvgIpc) is 3.38. The largest absolute Gasteiger partial charge is 0.484 e. The summed E-state index contributed by atoms with van der Waals surface area (Å²) in [7, 11) is 0. The number of para-hydroxylation sites is 2. The Bertz CT molecular complexity index is 977. The maximum Gasteiger partial charge on any atom is 0.260 e. The number of ether oxygens (including phenoxy) is 1. The van der Waals surface area contributed by atoms with Crippen LogP contribution in [0.15, 0.2) is 42.5 Å². The summed E-state index contributed by atoms with van der Waals surface area (Å²) in [5, 5.41) is 0. The van der Waals surface area contributed by atoms with Gasteiger partial charge in [-0.2, -0.15) is 0 Å². The zero-order chi connectivity index (χ0) is 18.9. The number of nitrogens with zero attached hydrogens (tertiary/aromatic N) is 2. The van der Waals surface area contributed by atoms with Crippen molar-refractivity contribution in [3.05, 3.63) is 59.4 Å². The van der Waals surface area contributed by atoms with Gasteiger partial charge in [0.1, 0.15) is 11.6 Å². The van der Waals surface area contributed by atoms with Crippen LogP contribution in [0.25, 0.3) is 11.0 Å². The van der Waals surface area contributed by atoms with Crippen LogP contribution < -0.4 is 4.74 Å². The number of carbonyl (C=O) groups is 1. The molecular weight excluding hydrogens is 350 g/mol. The molecule has 2 aromatic carbocycles. The van der Waals surface area contributed by atoms with E-state index >= 15 is 0 Å². The van der Waals surface area contributed by atoms with Crippen molar-refractivity contribution in [2.24, 2.45) is 0 Å². The third-order valence-electron chi connectivity index (χ3n) is 6.00. The van der Waals surface area contributed by atoms with Crippen molar-refractivity contribution < 1.29 is 9.53 Å². The molecule has 1 amide bonds. The molecule has 1 fully saturated rings. The number of rotatable bonds is 4. The highest BCUT2D eigenvalue weighted by molar-refractivity contribution is 5.78. The lowest BCUT2D eigenvalue weighted by atomic mass is 9.97. The number of fused-ring (bicyclic) bond motifs is 2. The highest BCUT2D eigenvalue weighted by Crippen LogP contribution is 2.28. The predicted molar refractivity (Wildman–Crippen MR) is 109 cm³/mol. The molecular formula is C23H25N3O2. The van der Waals surface area contributed by atoms with E-state index in [1.165, 1.54) is 17.5 Å². The number of amides is 1. The first-order chi connectivity index (χ1) is 13.8. The second kappa shape index (κ2) is 7.30. The minimum Gasteiger partial charge on any atom is -0.484 e. The maximum absolute atomic E-state index is 12.7. The van der Waals surface area contributed by atoms with E-state index in [-0.39, 0.29) is 18.4 Å². The van der Waals surface area contributed by atoms with Gasteiger partial charge in [0.2, 0.25) is 0 Å². The Morgan fingerprint density at radius 3 is 2.96 bits per heavy atom. The summed E-state index contributed by atoms with van der Waals surface area (Å²) in [6.07, 6.45) is 5.54. The number of carbonyl (C=O) groups excluding carboxylic acids is 1. The Morgan fingerprint density at radius 2 is 2.04 bits per heavy atom. The minimum atomic E-state index is 0.0568. The van der Waals surface area contributed by atoms with Crippen LogP contribution in [0.4, 0.5) is 0 Å². The molecule has 2 heterocycles. The Morgan fingerprint density at radius 1 is 1.14 bits per heavy atom. The molecule has 28 heavy (non-hydrogen) atoms. The third-order valence-corrected chi connectivity index (χ3v) is 6.00. The summed E-state index contributed by atoms with van der Waals surface area (Å²) < 4.78 is 5.82. The van der Waals surface area contributed by atoms with Crippen LogP contribution in [0, 0.1) is 0 Å². The molecule has 0 saturated carbocycles.